The van der Waals surface area contributed by atoms with Gasteiger partial charge in [-0.15, -0.1) is 15.3 Å². The lowest BCUT2D eigenvalue weighted by Gasteiger charge is -2.12. The third kappa shape index (κ3) is 8.64. The number of carboxylic acid groups (broad SMARTS) is 2. The minimum absolute atomic E-state index is 0.00483. The third-order valence-corrected chi connectivity index (χ3v) is 9.77. The van der Waals surface area contributed by atoms with Crippen molar-refractivity contribution in [3.05, 3.63) is 95.6 Å². The molecule has 23 heteroatoms. The Morgan fingerprint density at radius 1 is 0.793 bits per heavy atom. The van der Waals surface area contributed by atoms with Crippen molar-refractivity contribution in [2.24, 2.45) is 30.7 Å². The van der Waals surface area contributed by atoms with Gasteiger partial charge in [-0.1, -0.05) is 12.1 Å². The number of hydrogen-bond acceptors (Lipinski definition) is 16. The Hall–Kier alpha value is -7.52. The maximum atomic E-state index is 12.3. The first kappa shape index (κ1) is 40.2. The van der Waals surface area contributed by atoms with Crippen molar-refractivity contribution in [3.8, 4) is 17.7 Å². The molecule has 5 N–H and O–H groups in total. The Labute approximate surface area is 326 Å². The maximum Gasteiger partial charge on any atom is 0.341 e. The number of fused-ring (bicyclic) bond motifs is 3. The molecule has 0 aliphatic carbocycles. The zero-order chi connectivity index (χ0) is 41.9. The molecule has 4 aromatic carbocycles. The molecule has 0 atom stereocenters. The quantitative estimate of drug-likeness (QED) is 0.0568. The standard InChI is InChI=1S/C35H25N9O12S2/c1-18-12-27(42-43-33-22(14-31(45)46)23(16-36)34-37-24-4-2-3-5-28(24)44(34)35(33)49)29(56-17-32(47)48)15-26(18)41-40-25-11-8-20(13-30(25)58(53,54)55)39-38-19-6-9-21(10-7-19)57(50,51)52/h2-13,15,49H,14,17H2,1H3,(H,45,46)(H,47,48)(H,50,51,52)(H,53,54,55). The molecule has 6 aromatic rings. The summed E-state index contributed by atoms with van der Waals surface area (Å²) in [6, 6.07) is 19.0. The van der Waals surface area contributed by atoms with Crippen molar-refractivity contribution in [1.82, 2.24) is 9.38 Å². The average molecular weight is 828 g/mol. The van der Waals surface area contributed by atoms with E-state index in [1.165, 1.54) is 41.7 Å². The van der Waals surface area contributed by atoms with E-state index in [9.17, 15) is 51.6 Å². The van der Waals surface area contributed by atoms with Crippen LogP contribution in [0.25, 0.3) is 16.7 Å². The van der Waals surface area contributed by atoms with Gasteiger partial charge in [0.2, 0.25) is 5.88 Å². The molecule has 21 nitrogen and oxygen atoms in total. The number of nitriles is 1. The highest BCUT2D eigenvalue weighted by Gasteiger charge is 2.25. The number of carbonyl (C=O) groups is 2. The summed E-state index contributed by atoms with van der Waals surface area (Å²) in [6.45, 7) is 0.645. The van der Waals surface area contributed by atoms with Crippen LogP contribution in [0.3, 0.4) is 0 Å². The van der Waals surface area contributed by atoms with E-state index in [-0.39, 0.29) is 55.9 Å². The second-order valence-corrected chi connectivity index (χ2v) is 14.8. The van der Waals surface area contributed by atoms with Gasteiger partial charge in [0.1, 0.15) is 33.7 Å². The summed E-state index contributed by atoms with van der Waals surface area (Å²) in [4.78, 5) is 26.6. The first-order valence-corrected chi connectivity index (χ1v) is 19.0. The fourth-order valence-corrected chi connectivity index (χ4v) is 6.54. The fourth-order valence-electron chi connectivity index (χ4n) is 5.42. The SMILES string of the molecule is Cc1cc(N=Nc2c(CC(=O)O)c(C#N)c3nc4ccccc4n3c2O)c(OCC(=O)O)cc1N=Nc1ccc(N=Nc2ccc(S(=O)(=O)O)cc2)cc1S(=O)(=O)O. The van der Waals surface area contributed by atoms with E-state index in [1.807, 2.05) is 6.07 Å². The third-order valence-electron chi connectivity index (χ3n) is 8.02. The number of imidazole rings is 1. The van der Waals surface area contributed by atoms with Crippen LogP contribution in [0, 0.1) is 18.3 Å². The summed E-state index contributed by atoms with van der Waals surface area (Å²) < 4.78 is 72.9. The molecule has 0 saturated heterocycles. The molecular formula is C35H25N9O12S2. The number of nitrogens with zero attached hydrogens (tertiary/aromatic N) is 9. The van der Waals surface area contributed by atoms with Crippen molar-refractivity contribution in [1.29, 1.82) is 5.26 Å². The van der Waals surface area contributed by atoms with Crippen LogP contribution in [0.15, 0.2) is 119 Å². The number of hydrogen-bond donors (Lipinski definition) is 5. The smallest absolute Gasteiger partial charge is 0.341 e. The number of aryl methyl sites for hydroxylation is 1. The van der Waals surface area contributed by atoms with Crippen LogP contribution < -0.4 is 4.74 Å². The number of benzene rings is 4. The lowest BCUT2D eigenvalue weighted by Crippen LogP contribution is -2.09. The highest BCUT2D eigenvalue weighted by Crippen LogP contribution is 2.42. The van der Waals surface area contributed by atoms with Crippen LogP contribution in [-0.4, -0.2) is 69.2 Å². The molecule has 0 unspecified atom stereocenters. The van der Waals surface area contributed by atoms with Gasteiger partial charge in [0.15, 0.2) is 17.9 Å². The van der Waals surface area contributed by atoms with E-state index in [2.05, 4.69) is 35.7 Å². The first-order chi connectivity index (χ1) is 27.4. The van der Waals surface area contributed by atoms with Crippen molar-refractivity contribution in [2.45, 2.75) is 23.1 Å². The number of aromatic hydroxyl groups is 1. The normalized spacial score (nSPS) is 12.2. The number of rotatable bonds is 13. The molecule has 0 bridgehead atoms. The van der Waals surface area contributed by atoms with E-state index in [0.29, 0.717) is 16.6 Å². The van der Waals surface area contributed by atoms with Gasteiger partial charge in [-0.3, -0.25) is 18.3 Å². The highest BCUT2D eigenvalue weighted by molar-refractivity contribution is 7.86. The minimum atomic E-state index is -4.93. The summed E-state index contributed by atoms with van der Waals surface area (Å²) in [5, 5.41) is 64.5. The Morgan fingerprint density at radius 2 is 1.45 bits per heavy atom. The molecule has 2 heterocycles. The Kier molecular flexibility index (Phi) is 11.0. The fraction of sp³-hybridized carbons (Fsp3) is 0.0857. The topological polar surface area (TPSA) is 328 Å². The van der Waals surface area contributed by atoms with Crippen molar-refractivity contribution < 1.29 is 55.6 Å². The predicted octanol–water partition coefficient (Wildman–Crippen LogP) is 7.20. The van der Waals surface area contributed by atoms with Crippen molar-refractivity contribution in [2.75, 3.05) is 6.61 Å². The van der Waals surface area contributed by atoms with Crippen LogP contribution in [0.1, 0.15) is 16.7 Å². The summed E-state index contributed by atoms with van der Waals surface area (Å²) in [6.07, 6.45) is -0.756. The van der Waals surface area contributed by atoms with E-state index in [0.717, 1.165) is 24.3 Å². The van der Waals surface area contributed by atoms with Crippen LogP contribution in [0.5, 0.6) is 11.6 Å². The van der Waals surface area contributed by atoms with E-state index >= 15 is 0 Å². The van der Waals surface area contributed by atoms with Gasteiger partial charge in [0, 0.05) is 11.6 Å². The van der Waals surface area contributed by atoms with Crippen molar-refractivity contribution in [3.63, 3.8) is 0 Å². The van der Waals surface area contributed by atoms with Gasteiger partial charge in [-0.25, -0.2) is 9.78 Å². The molecule has 6 rings (SSSR count). The number of ether oxygens (including phenoxy) is 1. The number of aromatic nitrogens is 2. The molecule has 0 spiro atoms. The number of pyridine rings is 1. The van der Waals surface area contributed by atoms with E-state index in [1.54, 1.807) is 24.3 Å². The zero-order valence-corrected chi connectivity index (χ0v) is 31.0. The summed E-state index contributed by atoms with van der Waals surface area (Å²) >= 11 is 0. The summed E-state index contributed by atoms with van der Waals surface area (Å²) in [7, 11) is -9.38. The Morgan fingerprint density at radius 3 is 2.10 bits per heavy atom. The summed E-state index contributed by atoms with van der Waals surface area (Å²) in [5.74, 6) is -3.56. The highest BCUT2D eigenvalue weighted by atomic mass is 32.2. The van der Waals surface area contributed by atoms with Gasteiger partial charge in [-0.2, -0.15) is 37.4 Å². The lowest BCUT2D eigenvalue weighted by atomic mass is 10.0. The molecule has 0 fully saturated rings. The molecular weight excluding hydrogens is 803 g/mol. The largest absolute Gasteiger partial charge is 0.493 e. The van der Waals surface area contributed by atoms with E-state index in [4.69, 9.17) is 9.29 Å². The van der Waals surface area contributed by atoms with E-state index < -0.39 is 61.7 Å². The second-order valence-electron chi connectivity index (χ2n) is 12.0. The first-order valence-electron chi connectivity index (χ1n) is 16.1. The molecule has 0 saturated carbocycles. The monoisotopic (exact) mass is 827 g/mol. The van der Waals surface area contributed by atoms with Gasteiger partial charge in [0.25, 0.3) is 20.2 Å². The lowest BCUT2D eigenvalue weighted by molar-refractivity contribution is -0.139. The number of aliphatic carboxylic acids is 2. The zero-order valence-electron chi connectivity index (χ0n) is 29.4. The molecule has 0 radical (unpaired) electrons. The number of azo groups is 3. The molecule has 0 amide bonds. The Balaban J connectivity index is 1.38. The predicted molar refractivity (Wildman–Crippen MR) is 200 cm³/mol. The van der Waals surface area contributed by atoms with Crippen LogP contribution in [-0.2, 0) is 36.2 Å². The van der Waals surface area contributed by atoms with Gasteiger partial charge < -0.3 is 20.1 Å². The van der Waals surface area contributed by atoms with Crippen LogP contribution in [0.2, 0.25) is 0 Å². The summed E-state index contributed by atoms with van der Waals surface area (Å²) in [5.41, 5.74) is -0.146. The molecule has 0 aliphatic heterocycles. The maximum absolute atomic E-state index is 12.3. The molecule has 2 aromatic heterocycles. The van der Waals surface area contributed by atoms with Gasteiger partial charge >= 0.3 is 11.9 Å². The molecule has 0 aliphatic rings. The van der Waals surface area contributed by atoms with Crippen molar-refractivity contribution >= 4 is 83.0 Å². The van der Waals surface area contributed by atoms with Gasteiger partial charge in [0.05, 0.1) is 39.4 Å². The number of para-hydroxylation sites is 2. The average Bonchev–Trinajstić information content (AvgIpc) is 3.55. The van der Waals surface area contributed by atoms with Crippen LogP contribution in [0.4, 0.5) is 34.1 Å². The Bertz CT molecular complexity index is 3030. The van der Waals surface area contributed by atoms with Crippen LogP contribution >= 0.6 is 0 Å². The van der Waals surface area contributed by atoms with Gasteiger partial charge in [-0.05, 0) is 73.2 Å². The number of carboxylic acids is 2. The molecule has 58 heavy (non-hydrogen) atoms. The second kappa shape index (κ2) is 15.9. The molecule has 294 valence electrons. The minimum Gasteiger partial charge on any atom is -0.493 e.